The zero-order chi connectivity index (χ0) is 22.3. The van der Waals surface area contributed by atoms with Crippen LogP contribution >= 0.6 is 0 Å². The van der Waals surface area contributed by atoms with Crippen molar-refractivity contribution in [2.24, 2.45) is 11.8 Å². The van der Waals surface area contributed by atoms with Crippen molar-refractivity contribution in [3.63, 3.8) is 0 Å². The molecule has 0 spiro atoms. The highest BCUT2D eigenvalue weighted by Crippen LogP contribution is 2.38. The Labute approximate surface area is 182 Å². The predicted molar refractivity (Wildman–Crippen MR) is 128 cm³/mol. The van der Waals surface area contributed by atoms with Gasteiger partial charge in [-0.15, -0.1) is 0 Å². The average molecular weight is 411 g/mol. The molecule has 4 nitrogen and oxygen atoms in total. The molecular formula is C26H38N2O2. The Morgan fingerprint density at radius 1 is 0.867 bits per heavy atom. The molecule has 0 aliphatic heterocycles. The smallest absolute Gasteiger partial charge is 0.128 e. The van der Waals surface area contributed by atoms with Gasteiger partial charge >= 0.3 is 0 Å². The molecule has 0 aliphatic rings. The number of ether oxygens (including phenoxy) is 2. The number of nitrogens with one attached hydrogen (secondary N) is 1. The molecule has 1 unspecified atom stereocenters. The van der Waals surface area contributed by atoms with Crippen molar-refractivity contribution in [3.05, 3.63) is 59.7 Å². The van der Waals surface area contributed by atoms with Gasteiger partial charge in [-0.25, -0.2) is 0 Å². The lowest BCUT2D eigenvalue weighted by Crippen LogP contribution is -2.37. The zero-order valence-corrected chi connectivity index (χ0v) is 19.8. The number of para-hydroxylation sites is 2. The van der Waals surface area contributed by atoms with E-state index in [1.807, 2.05) is 37.4 Å². The maximum Gasteiger partial charge on any atom is 0.128 e. The Morgan fingerprint density at radius 3 is 1.83 bits per heavy atom. The minimum atomic E-state index is 0.378. The highest BCUT2D eigenvalue weighted by molar-refractivity contribution is 5.92. The number of methoxy groups -OCH3 is 2. The summed E-state index contributed by atoms with van der Waals surface area (Å²) in [5.41, 5.74) is 4.22. The molecule has 0 aromatic heterocycles. The Balaban J connectivity index is 2.82. The molecule has 0 bridgehead atoms. The van der Waals surface area contributed by atoms with Crippen LogP contribution in [0.25, 0.3) is 11.4 Å². The van der Waals surface area contributed by atoms with Crippen LogP contribution in [0.5, 0.6) is 11.5 Å². The van der Waals surface area contributed by atoms with Crippen LogP contribution in [-0.2, 0) is 0 Å². The van der Waals surface area contributed by atoms with Gasteiger partial charge in [0, 0.05) is 31.3 Å². The summed E-state index contributed by atoms with van der Waals surface area (Å²) in [6.07, 6.45) is 1.11. The third kappa shape index (κ3) is 5.29. The van der Waals surface area contributed by atoms with Crippen LogP contribution in [0.2, 0.25) is 0 Å². The molecule has 0 saturated carbocycles. The maximum atomic E-state index is 5.77. The van der Waals surface area contributed by atoms with Crippen LogP contribution in [0.15, 0.2) is 48.5 Å². The number of nitrogens with zero attached hydrogens (tertiary/aromatic N) is 1. The summed E-state index contributed by atoms with van der Waals surface area (Å²) in [6, 6.07) is 16.7. The minimum absolute atomic E-state index is 0.378. The molecule has 1 N–H and O–H groups in total. The van der Waals surface area contributed by atoms with Gasteiger partial charge in [0.05, 0.1) is 25.6 Å². The van der Waals surface area contributed by atoms with E-state index in [0.29, 0.717) is 17.9 Å². The van der Waals surface area contributed by atoms with Crippen molar-refractivity contribution in [2.75, 3.05) is 28.3 Å². The first-order valence-electron chi connectivity index (χ1n) is 10.8. The molecule has 0 saturated heterocycles. The molecular weight excluding hydrogens is 372 g/mol. The molecule has 4 heteroatoms. The van der Waals surface area contributed by atoms with E-state index in [0.717, 1.165) is 40.4 Å². The maximum absolute atomic E-state index is 5.77. The van der Waals surface area contributed by atoms with Gasteiger partial charge in [-0.3, -0.25) is 0 Å². The van der Waals surface area contributed by atoms with Gasteiger partial charge in [0.1, 0.15) is 11.5 Å². The molecule has 0 heterocycles. The standard InChI is InChI=1S/C26H38N2O2/c1-18(2)17-22(19(3)4)28(6)26(21-14-10-12-16-24(21)30-8)25(27-5)20-13-9-11-15-23(20)29-7/h9-16,18-19,22,27H,17H2,1-8H3/b26-25-. The molecule has 2 rings (SSSR count). The Bertz CT molecular complexity index is 842. The topological polar surface area (TPSA) is 33.7 Å². The Kier molecular flexibility index (Phi) is 8.64. The molecule has 0 radical (unpaired) electrons. The Hall–Kier alpha value is -2.62. The lowest BCUT2D eigenvalue weighted by Gasteiger charge is -2.38. The van der Waals surface area contributed by atoms with Crippen LogP contribution in [0.1, 0.15) is 45.2 Å². The van der Waals surface area contributed by atoms with E-state index in [1.165, 1.54) is 0 Å². The summed E-state index contributed by atoms with van der Waals surface area (Å²) in [7, 11) is 7.61. The first-order chi connectivity index (χ1) is 14.3. The molecule has 164 valence electrons. The summed E-state index contributed by atoms with van der Waals surface area (Å²) in [6.45, 7) is 9.17. The summed E-state index contributed by atoms with van der Waals surface area (Å²) < 4.78 is 11.5. The fourth-order valence-electron chi connectivity index (χ4n) is 4.10. The second kappa shape index (κ2) is 11.0. The molecule has 2 aromatic carbocycles. The zero-order valence-electron chi connectivity index (χ0n) is 19.8. The first kappa shape index (κ1) is 23.7. The van der Waals surface area contributed by atoms with Crippen molar-refractivity contribution in [1.82, 2.24) is 10.2 Å². The van der Waals surface area contributed by atoms with Crippen molar-refractivity contribution < 1.29 is 9.47 Å². The van der Waals surface area contributed by atoms with Crippen LogP contribution in [0, 0.1) is 11.8 Å². The molecule has 2 aromatic rings. The van der Waals surface area contributed by atoms with Gasteiger partial charge < -0.3 is 19.7 Å². The molecule has 0 fully saturated rings. The van der Waals surface area contributed by atoms with E-state index in [2.05, 4.69) is 63.2 Å². The normalized spacial score (nSPS) is 13.1. The first-order valence-corrected chi connectivity index (χ1v) is 10.8. The van der Waals surface area contributed by atoms with Gasteiger partial charge in [-0.05, 0) is 42.5 Å². The fourth-order valence-corrected chi connectivity index (χ4v) is 4.10. The average Bonchev–Trinajstić information content (AvgIpc) is 2.75. The van der Waals surface area contributed by atoms with Crippen molar-refractivity contribution in [3.8, 4) is 11.5 Å². The Morgan fingerprint density at radius 2 is 1.37 bits per heavy atom. The lowest BCUT2D eigenvalue weighted by atomic mass is 9.91. The van der Waals surface area contributed by atoms with Crippen LogP contribution in [-0.4, -0.2) is 39.3 Å². The van der Waals surface area contributed by atoms with E-state index in [9.17, 15) is 0 Å². The number of hydrogen-bond acceptors (Lipinski definition) is 4. The monoisotopic (exact) mass is 410 g/mol. The van der Waals surface area contributed by atoms with Crippen LogP contribution in [0.4, 0.5) is 0 Å². The van der Waals surface area contributed by atoms with Crippen molar-refractivity contribution >= 4 is 11.4 Å². The summed E-state index contributed by atoms with van der Waals surface area (Å²) in [4.78, 5) is 2.42. The van der Waals surface area contributed by atoms with Crippen molar-refractivity contribution in [2.45, 2.75) is 40.2 Å². The second-order valence-electron chi connectivity index (χ2n) is 8.43. The van der Waals surface area contributed by atoms with Gasteiger partial charge in [-0.2, -0.15) is 0 Å². The van der Waals surface area contributed by atoms with E-state index in [-0.39, 0.29) is 0 Å². The van der Waals surface area contributed by atoms with Gasteiger partial charge in [0.2, 0.25) is 0 Å². The largest absolute Gasteiger partial charge is 0.496 e. The molecule has 0 aliphatic carbocycles. The molecule has 30 heavy (non-hydrogen) atoms. The third-order valence-corrected chi connectivity index (χ3v) is 5.56. The second-order valence-corrected chi connectivity index (χ2v) is 8.43. The third-order valence-electron chi connectivity index (χ3n) is 5.56. The predicted octanol–water partition coefficient (Wildman–Crippen LogP) is 5.75. The van der Waals surface area contributed by atoms with Gasteiger partial charge in [0.25, 0.3) is 0 Å². The van der Waals surface area contributed by atoms with Crippen molar-refractivity contribution in [1.29, 1.82) is 0 Å². The minimum Gasteiger partial charge on any atom is -0.496 e. The SMILES string of the molecule is CN/C(=C(/c1ccccc1OC)N(C)C(CC(C)C)C(C)C)c1ccccc1OC. The summed E-state index contributed by atoms with van der Waals surface area (Å²) >= 11 is 0. The van der Waals surface area contributed by atoms with E-state index in [4.69, 9.17) is 9.47 Å². The highest BCUT2D eigenvalue weighted by atomic mass is 16.5. The van der Waals surface area contributed by atoms with Gasteiger partial charge in [0.15, 0.2) is 0 Å². The molecule has 1 atom stereocenters. The van der Waals surface area contributed by atoms with E-state index < -0.39 is 0 Å². The number of hydrogen-bond donors (Lipinski definition) is 1. The fraction of sp³-hybridized carbons (Fsp3) is 0.462. The summed E-state index contributed by atoms with van der Waals surface area (Å²) in [5, 5.41) is 3.47. The van der Waals surface area contributed by atoms with Crippen LogP contribution < -0.4 is 14.8 Å². The number of benzene rings is 2. The van der Waals surface area contributed by atoms with Gasteiger partial charge in [-0.1, -0.05) is 52.0 Å². The number of rotatable bonds is 10. The van der Waals surface area contributed by atoms with E-state index in [1.54, 1.807) is 14.2 Å². The summed E-state index contributed by atoms with van der Waals surface area (Å²) in [5.74, 6) is 2.79. The lowest BCUT2D eigenvalue weighted by molar-refractivity contribution is 0.234. The van der Waals surface area contributed by atoms with Crippen LogP contribution in [0.3, 0.4) is 0 Å². The highest BCUT2D eigenvalue weighted by Gasteiger charge is 2.27. The molecule has 0 amide bonds. The quantitative estimate of drug-likeness (QED) is 0.506. The van der Waals surface area contributed by atoms with E-state index >= 15 is 0 Å².